The largest absolute Gasteiger partial charge is 0.354 e. The SMILES string of the molecule is CCCCNC(=O)C(C)N(CCc1ccccc1)C(=O)CN(c1ccccc1C(C)C)S(C)(=O)=O. The summed E-state index contributed by atoms with van der Waals surface area (Å²) in [6.45, 7) is 8.17. The van der Waals surface area contributed by atoms with Gasteiger partial charge < -0.3 is 10.2 Å². The third kappa shape index (κ3) is 8.38. The van der Waals surface area contributed by atoms with Gasteiger partial charge in [-0.15, -0.1) is 0 Å². The molecule has 0 aliphatic carbocycles. The first-order chi connectivity index (χ1) is 16.6. The third-order valence-corrected chi connectivity index (χ3v) is 7.11. The van der Waals surface area contributed by atoms with Crippen molar-refractivity contribution in [1.29, 1.82) is 0 Å². The number of carbonyl (C=O) groups is 2. The van der Waals surface area contributed by atoms with E-state index < -0.39 is 22.0 Å². The molecule has 0 bridgehead atoms. The third-order valence-electron chi connectivity index (χ3n) is 5.99. The van der Waals surface area contributed by atoms with Crippen LogP contribution in [0, 0.1) is 0 Å². The molecular formula is C27H39N3O4S. The van der Waals surface area contributed by atoms with Crippen LogP contribution in [-0.4, -0.2) is 57.1 Å². The van der Waals surface area contributed by atoms with Crippen LogP contribution in [0.4, 0.5) is 5.69 Å². The fourth-order valence-corrected chi connectivity index (χ4v) is 4.77. The van der Waals surface area contributed by atoms with Gasteiger partial charge in [-0.3, -0.25) is 13.9 Å². The van der Waals surface area contributed by atoms with Crippen molar-refractivity contribution >= 4 is 27.5 Å². The van der Waals surface area contributed by atoms with E-state index in [4.69, 9.17) is 0 Å². The average molecular weight is 502 g/mol. The topological polar surface area (TPSA) is 86.8 Å². The number of para-hydroxylation sites is 1. The van der Waals surface area contributed by atoms with Crippen molar-refractivity contribution in [3.63, 3.8) is 0 Å². The Morgan fingerprint density at radius 2 is 1.60 bits per heavy atom. The quantitative estimate of drug-likeness (QED) is 0.421. The standard InChI is InChI=1S/C27H39N3O4S/c1-6-7-18-28-27(32)22(4)29(19-17-23-13-9-8-10-14-23)26(31)20-30(35(5,33)34)25-16-12-11-15-24(25)21(2)3/h8-16,21-22H,6-7,17-20H2,1-5H3,(H,28,32). The summed E-state index contributed by atoms with van der Waals surface area (Å²) in [6, 6.07) is 16.2. The summed E-state index contributed by atoms with van der Waals surface area (Å²) in [5.74, 6) is -0.584. The molecule has 1 unspecified atom stereocenters. The molecule has 0 aliphatic rings. The maximum atomic E-state index is 13.6. The molecule has 0 saturated heterocycles. The van der Waals surface area contributed by atoms with Crippen LogP contribution in [0.1, 0.15) is 57.6 Å². The Morgan fingerprint density at radius 1 is 0.971 bits per heavy atom. The fourth-order valence-electron chi connectivity index (χ4n) is 3.90. The summed E-state index contributed by atoms with van der Waals surface area (Å²) in [4.78, 5) is 27.9. The Labute approximate surface area is 210 Å². The number of amides is 2. The summed E-state index contributed by atoms with van der Waals surface area (Å²) in [6.07, 6.45) is 3.46. The molecule has 1 atom stereocenters. The number of sulfonamides is 1. The minimum Gasteiger partial charge on any atom is -0.354 e. The second-order valence-corrected chi connectivity index (χ2v) is 11.0. The molecule has 0 saturated carbocycles. The van der Waals surface area contributed by atoms with Gasteiger partial charge in [-0.1, -0.05) is 75.7 Å². The molecule has 35 heavy (non-hydrogen) atoms. The molecular weight excluding hydrogens is 462 g/mol. The molecule has 0 fully saturated rings. The van der Waals surface area contributed by atoms with Gasteiger partial charge in [0.1, 0.15) is 12.6 Å². The molecule has 0 aliphatic heterocycles. The Morgan fingerprint density at radius 3 is 2.20 bits per heavy atom. The lowest BCUT2D eigenvalue weighted by molar-refractivity contribution is -0.138. The van der Waals surface area contributed by atoms with Crippen molar-refractivity contribution in [2.24, 2.45) is 0 Å². The number of nitrogens with one attached hydrogen (secondary N) is 1. The summed E-state index contributed by atoms with van der Waals surface area (Å²) in [5, 5.41) is 2.89. The molecule has 7 nitrogen and oxygen atoms in total. The highest BCUT2D eigenvalue weighted by molar-refractivity contribution is 7.92. The fraction of sp³-hybridized carbons (Fsp3) is 0.481. The highest BCUT2D eigenvalue weighted by atomic mass is 32.2. The summed E-state index contributed by atoms with van der Waals surface area (Å²) >= 11 is 0. The van der Waals surface area contributed by atoms with Crippen LogP contribution in [0.25, 0.3) is 0 Å². The molecule has 0 heterocycles. The van der Waals surface area contributed by atoms with Gasteiger partial charge in [0.15, 0.2) is 0 Å². The van der Waals surface area contributed by atoms with Gasteiger partial charge >= 0.3 is 0 Å². The molecule has 0 spiro atoms. The molecule has 1 N–H and O–H groups in total. The van der Waals surface area contributed by atoms with Crippen molar-refractivity contribution in [2.75, 3.05) is 30.2 Å². The predicted octanol–water partition coefficient (Wildman–Crippen LogP) is 3.95. The number of hydrogen-bond acceptors (Lipinski definition) is 4. The van der Waals surface area contributed by atoms with E-state index in [0.29, 0.717) is 25.2 Å². The van der Waals surface area contributed by atoms with E-state index in [-0.39, 0.29) is 18.4 Å². The lowest BCUT2D eigenvalue weighted by Gasteiger charge is -2.32. The highest BCUT2D eigenvalue weighted by Gasteiger charge is 2.30. The van der Waals surface area contributed by atoms with Crippen LogP contribution in [0.15, 0.2) is 54.6 Å². The smallest absolute Gasteiger partial charge is 0.244 e. The molecule has 2 aromatic rings. The van der Waals surface area contributed by atoms with Crippen LogP contribution < -0.4 is 9.62 Å². The summed E-state index contributed by atoms with van der Waals surface area (Å²) < 4.78 is 26.8. The number of nitrogens with zero attached hydrogens (tertiary/aromatic N) is 2. The Kier molecular flexibility index (Phi) is 10.8. The number of benzene rings is 2. The molecule has 8 heteroatoms. The molecule has 0 radical (unpaired) electrons. The van der Waals surface area contributed by atoms with Crippen molar-refractivity contribution in [3.05, 3.63) is 65.7 Å². The van der Waals surface area contributed by atoms with Gasteiger partial charge in [-0.05, 0) is 42.9 Å². The first-order valence-corrected chi connectivity index (χ1v) is 14.1. The van der Waals surface area contributed by atoms with Gasteiger partial charge in [-0.2, -0.15) is 0 Å². The van der Waals surface area contributed by atoms with Crippen molar-refractivity contribution in [3.8, 4) is 0 Å². The Hall–Kier alpha value is -2.87. The molecule has 2 amide bonds. The predicted molar refractivity (Wildman–Crippen MR) is 142 cm³/mol. The minimum absolute atomic E-state index is 0.0722. The van der Waals surface area contributed by atoms with E-state index in [1.165, 1.54) is 4.90 Å². The van der Waals surface area contributed by atoms with Crippen molar-refractivity contribution in [1.82, 2.24) is 10.2 Å². The van der Waals surface area contributed by atoms with E-state index in [2.05, 4.69) is 5.32 Å². The second kappa shape index (κ2) is 13.3. The van der Waals surface area contributed by atoms with Gasteiger partial charge in [-0.25, -0.2) is 8.42 Å². The van der Waals surface area contributed by atoms with E-state index >= 15 is 0 Å². The lowest BCUT2D eigenvalue weighted by atomic mass is 10.0. The van der Waals surface area contributed by atoms with Crippen molar-refractivity contribution < 1.29 is 18.0 Å². The number of unbranched alkanes of at least 4 members (excludes halogenated alkanes) is 1. The number of hydrogen-bond donors (Lipinski definition) is 1. The van der Waals surface area contributed by atoms with Gasteiger partial charge in [0, 0.05) is 13.1 Å². The van der Waals surface area contributed by atoms with Crippen LogP contribution >= 0.6 is 0 Å². The second-order valence-electron chi connectivity index (χ2n) is 9.13. The Bertz CT molecular complexity index is 1070. The highest BCUT2D eigenvalue weighted by Crippen LogP contribution is 2.29. The molecule has 2 rings (SSSR count). The molecule has 192 valence electrons. The van der Waals surface area contributed by atoms with Gasteiger partial charge in [0.25, 0.3) is 0 Å². The molecule has 0 aromatic heterocycles. The number of anilines is 1. The number of carbonyl (C=O) groups excluding carboxylic acids is 2. The van der Waals surface area contributed by atoms with E-state index in [1.54, 1.807) is 19.1 Å². The van der Waals surface area contributed by atoms with Gasteiger partial charge in [0.2, 0.25) is 21.8 Å². The zero-order valence-electron chi connectivity index (χ0n) is 21.5. The van der Waals surface area contributed by atoms with Crippen LogP contribution in [0.2, 0.25) is 0 Å². The first kappa shape index (κ1) is 28.4. The summed E-state index contributed by atoms with van der Waals surface area (Å²) in [7, 11) is -3.75. The average Bonchev–Trinajstić information content (AvgIpc) is 2.82. The zero-order valence-corrected chi connectivity index (χ0v) is 22.3. The van der Waals surface area contributed by atoms with E-state index in [9.17, 15) is 18.0 Å². The van der Waals surface area contributed by atoms with Crippen LogP contribution in [-0.2, 0) is 26.0 Å². The van der Waals surface area contributed by atoms with Crippen molar-refractivity contribution in [2.45, 2.75) is 58.9 Å². The Balaban J connectivity index is 2.34. The van der Waals surface area contributed by atoms with Crippen LogP contribution in [0.3, 0.4) is 0 Å². The van der Waals surface area contributed by atoms with Gasteiger partial charge in [0.05, 0.1) is 11.9 Å². The maximum Gasteiger partial charge on any atom is 0.244 e. The van der Waals surface area contributed by atoms with E-state index in [0.717, 1.165) is 34.5 Å². The van der Waals surface area contributed by atoms with Crippen LogP contribution in [0.5, 0.6) is 0 Å². The summed E-state index contributed by atoms with van der Waals surface area (Å²) in [5.41, 5.74) is 2.36. The lowest BCUT2D eigenvalue weighted by Crippen LogP contribution is -2.52. The normalized spacial score (nSPS) is 12.3. The molecule has 2 aromatic carbocycles. The monoisotopic (exact) mass is 501 g/mol. The zero-order chi connectivity index (χ0) is 26.0. The van der Waals surface area contributed by atoms with E-state index in [1.807, 2.05) is 63.2 Å². The first-order valence-electron chi connectivity index (χ1n) is 12.2. The number of rotatable bonds is 13. The maximum absolute atomic E-state index is 13.6. The minimum atomic E-state index is -3.75.